The second-order valence-electron chi connectivity index (χ2n) is 12.6. The van der Waals surface area contributed by atoms with E-state index in [9.17, 15) is 0 Å². The quantitative estimate of drug-likeness (QED) is 0.0651. The highest BCUT2D eigenvalue weighted by Crippen LogP contribution is 2.39. The van der Waals surface area contributed by atoms with Crippen molar-refractivity contribution in [2.75, 3.05) is 88.0 Å². The molecule has 10 nitrogen and oxygen atoms in total. The summed E-state index contributed by atoms with van der Waals surface area (Å²) in [7, 11) is 8.17. The molecule has 1 aliphatic heterocycles. The highest BCUT2D eigenvalue weighted by atomic mass is 32.1. The number of rotatable bonds is 18. The van der Waals surface area contributed by atoms with Crippen LogP contribution in [0.2, 0.25) is 0 Å². The molecule has 0 N–H and O–H groups in total. The summed E-state index contributed by atoms with van der Waals surface area (Å²) in [6.45, 7) is 7.41. The average Bonchev–Trinajstić information content (AvgIpc) is 3.65. The predicted octanol–water partition coefficient (Wildman–Crippen LogP) is 8.03. The van der Waals surface area contributed by atoms with Crippen molar-refractivity contribution in [2.45, 2.75) is 12.8 Å². The van der Waals surface area contributed by atoms with Gasteiger partial charge in [0.15, 0.2) is 34.5 Å². The fraction of sp³-hybridized carbons (Fsp3) is 0.357. The number of methoxy groups -OCH3 is 5. The molecule has 1 fully saturated rings. The van der Waals surface area contributed by atoms with Crippen LogP contribution in [0.15, 0.2) is 72.8 Å². The summed E-state index contributed by atoms with van der Waals surface area (Å²) in [4.78, 5) is 9.84. The molecule has 0 bridgehead atoms. The summed E-state index contributed by atoms with van der Waals surface area (Å²) in [6, 6.07) is 24.0. The Morgan fingerprint density at radius 2 is 1.13 bits per heavy atom. The summed E-state index contributed by atoms with van der Waals surface area (Å²) in [5.41, 5.74) is 3.97. The lowest BCUT2D eigenvalue weighted by Gasteiger charge is -2.34. The Labute approximate surface area is 316 Å². The predicted molar refractivity (Wildman–Crippen MR) is 213 cm³/mol. The molecule has 0 atom stereocenters. The Morgan fingerprint density at radius 3 is 1.72 bits per heavy atom. The topological polar surface area (TPSA) is 84.0 Å². The third-order valence-electron chi connectivity index (χ3n) is 9.26. The van der Waals surface area contributed by atoms with Gasteiger partial charge in [0, 0.05) is 44.8 Å². The van der Waals surface area contributed by atoms with E-state index >= 15 is 0 Å². The molecule has 1 aromatic heterocycles. The van der Waals surface area contributed by atoms with Gasteiger partial charge < -0.3 is 43.0 Å². The van der Waals surface area contributed by atoms with Gasteiger partial charge >= 0.3 is 0 Å². The zero-order chi connectivity index (χ0) is 37.0. The molecule has 0 amide bonds. The van der Waals surface area contributed by atoms with Crippen molar-refractivity contribution in [3.05, 3.63) is 83.9 Å². The number of fused-ring (bicyclic) bond motifs is 1. The lowest BCUT2D eigenvalue weighted by Crippen LogP contribution is -2.47. The van der Waals surface area contributed by atoms with E-state index in [1.54, 1.807) is 46.9 Å². The lowest BCUT2D eigenvalue weighted by atomic mass is 10.1. The van der Waals surface area contributed by atoms with Gasteiger partial charge in [-0.1, -0.05) is 30.4 Å². The second-order valence-corrected chi connectivity index (χ2v) is 13.7. The number of benzene rings is 4. The number of ether oxygens (including phenoxy) is 7. The standard InChI is InChI=1S/C42H49N3O7S/c1-46-34-16-14-30(12-13-31-27-38(48-3)41(50-5)39(28-31)49-4)26-36(34)51-24-8-18-44-20-22-45(23-21-44)19-9-25-52-37-29-32(15-17-35(37)47-2)42-43-33-10-6-7-11-40(33)53-42/h6-7,10-17,26-29H,8-9,18-25H2,1-5H3/b13-12-. The number of piperazine rings is 1. The summed E-state index contributed by atoms with van der Waals surface area (Å²) in [5, 5.41) is 0.982. The molecule has 4 aromatic carbocycles. The van der Waals surface area contributed by atoms with Crippen molar-refractivity contribution in [1.82, 2.24) is 14.8 Å². The maximum absolute atomic E-state index is 6.24. The first-order valence-electron chi connectivity index (χ1n) is 17.9. The smallest absolute Gasteiger partial charge is 0.203 e. The molecule has 6 rings (SSSR count). The van der Waals surface area contributed by atoms with Crippen molar-refractivity contribution in [2.24, 2.45) is 0 Å². The van der Waals surface area contributed by atoms with Gasteiger partial charge in [0.1, 0.15) is 5.01 Å². The Kier molecular flexibility index (Phi) is 13.3. The van der Waals surface area contributed by atoms with Gasteiger partial charge in [0.05, 0.1) is 59.0 Å². The Balaban J connectivity index is 0.920. The highest BCUT2D eigenvalue weighted by Gasteiger charge is 2.17. The molecule has 1 aliphatic rings. The van der Waals surface area contributed by atoms with Crippen molar-refractivity contribution in [3.63, 3.8) is 0 Å². The van der Waals surface area contributed by atoms with Crippen LogP contribution in [0.3, 0.4) is 0 Å². The molecule has 11 heteroatoms. The van der Waals surface area contributed by atoms with Gasteiger partial charge in [-0.15, -0.1) is 11.3 Å². The molecule has 2 heterocycles. The van der Waals surface area contributed by atoms with Gasteiger partial charge in [-0.3, -0.25) is 0 Å². The lowest BCUT2D eigenvalue weighted by molar-refractivity contribution is 0.120. The first-order valence-corrected chi connectivity index (χ1v) is 18.7. The van der Waals surface area contributed by atoms with Gasteiger partial charge in [-0.05, 0) is 78.6 Å². The second kappa shape index (κ2) is 18.7. The van der Waals surface area contributed by atoms with Crippen molar-refractivity contribution >= 4 is 33.7 Å². The molecule has 5 aromatic rings. The fourth-order valence-corrected chi connectivity index (χ4v) is 7.36. The van der Waals surface area contributed by atoms with Crippen LogP contribution < -0.4 is 33.2 Å². The molecule has 0 spiro atoms. The third kappa shape index (κ3) is 9.72. The first kappa shape index (κ1) is 37.8. The van der Waals surface area contributed by atoms with Crippen molar-refractivity contribution < 1.29 is 33.2 Å². The molecular weight excluding hydrogens is 691 g/mol. The largest absolute Gasteiger partial charge is 0.493 e. The van der Waals surface area contributed by atoms with Gasteiger partial charge in [0.2, 0.25) is 5.75 Å². The van der Waals surface area contributed by atoms with E-state index in [0.29, 0.717) is 36.2 Å². The highest BCUT2D eigenvalue weighted by molar-refractivity contribution is 7.21. The molecule has 1 saturated heterocycles. The monoisotopic (exact) mass is 739 g/mol. The van der Waals surface area contributed by atoms with E-state index in [4.69, 9.17) is 38.1 Å². The Morgan fingerprint density at radius 1 is 0.585 bits per heavy atom. The summed E-state index contributed by atoms with van der Waals surface area (Å²) < 4.78 is 41.3. The minimum atomic E-state index is 0.567. The number of para-hydroxylation sites is 1. The van der Waals surface area contributed by atoms with Crippen LogP contribution in [0.1, 0.15) is 24.0 Å². The number of hydrogen-bond acceptors (Lipinski definition) is 11. The fourth-order valence-electron chi connectivity index (χ4n) is 6.40. The Hall–Kier alpha value is -4.97. The SMILES string of the molecule is COc1ccc(/C=C\c2cc(OC)c(OC)c(OC)c2)cc1OCCCN1CCN(CCCOc2cc(-c3nc4ccccc4s3)ccc2OC)CC1. The summed E-state index contributed by atoms with van der Waals surface area (Å²) in [6.07, 6.45) is 5.91. The van der Waals surface area contributed by atoms with E-state index in [0.717, 1.165) is 96.6 Å². The number of aromatic nitrogens is 1. The average molecular weight is 740 g/mol. The molecular formula is C42H49N3O7S. The maximum atomic E-state index is 6.24. The normalized spacial score (nSPS) is 13.7. The summed E-state index contributed by atoms with van der Waals surface area (Å²) in [5.74, 6) is 4.72. The zero-order valence-electron chi connectivity index (χ0n) is 31.3. The number of nitrogens with zero attached hydrogens (tertiary/aromatic N) is 3. The Bertz CT molecular complexity index is 1910. The molecule has 0 aliphatic carbocycles. The number of thiazole rings is 1. The van der Waals surface area contributed by atoms with Crippen LogP contribution in [-0.4, -0.2) is 103 Å². The molecule has 0 saturated carbocycles. The van der Waals surface area contributed by atoms with Gasteiger partial charge in [-0.2, -0.15) is 0 Å². The zero-order valence-corrected chi connectivity index (χ0v) is 32.1. The minimum Gasteiger partial charge on any atom is -0.493 e. The van der Waals surface area contributed by atoms with E-state index in [1.165, 1.54) is 4.70 Å². The van der Waals surface area contributed by atoms with Crippen molar-refractivity contribution in [1.29, 1.82) is 0 Å². The van der Waals surface area contributed by atoms with E-state index in [1.807, 2.05) is 78.9 Å². The van der Waals surface area contributed by atoms with Gasteiger partial charge in [0.25, 0.3) is 0 Å². The van der Waals surface area contributed by atoms with Crippen LogP contribution in [0.4, 0.5) is 0 Å². The first-order chi connectivity index (χ1) is 26.0. The van der Waals surface area contributed by atoms with Crippen LogP contribution in [0.25, 0.3) is 32.9 Å². The number of hydrogen-bond donors (Lipinski definition) is 0. The molecule has 53 heavy (non-hydrogen) atoms. The van der Waals surface area contributed by atoms with Crippen LogP contribution in [0, 0.1) is 0 Å². The van der Waals surface area contributed by atoms with Crippen LogP contribution >= 0.6 is 11.3 Å². The molecule has 280 valence electrons. The van der Waals surface area contributed by atoms with Crippen LogP contribution in [0.5, 0.6) is 40.2 Å². The minimum absolute atomic E-state index is 0.567. The molecule has 0 unspecified atom stereocenters. The van der Waals surface area contributed by atoms with Crippen molar-refractivity contribution in [3.8, 4) is 50.8 Å². The molecule has 0 radical (unpaired) electrons. The van der Waals surface area contributed by atoms with Gasteiger partial charge in [-0.25, -0.2) is 4.98 Å². The van der Waals surface area contributed by atoms with Crippen LogP contribution in [-0.2, 0) is 0 Å². The van der Waals surface area contributed by atoms with E-state index < -0.39 is 0 Å². The third-order valence-corrected chi connectivity index (χ3v) is 10.4. The maximum Gasteiger partial charge on any atom is 0.203 e. The summed E-state index contributed by atoms with van der Waals surface area (Å²) >= 11 is 1.69. The van der Waals surface area contributed by atoms with E-state index in [2.05, 4.69) is 15.9 Å². The van der Waals surface area contributed by atoms with E-state index in [-0.39, 0.29) is 0 Å².